The summed E-state index contributed by atoms with van der Waals surface area (Å²) in [6.07, 6.45) is 2.71. The van der Waals surface area contributed by atoms with Crippen LogP contribution in [0.15, 0.2) is 36.4 Å². The summed E-state index contributed by atoms with van der Waals surface area (Å²) < 4.78 is 42.6. The van der Waals surface area contributed by atoms with E-state index in [0.717, 1.165) is 32.4 Å². The normalized spacial score (nSPS) is 26.7. The first kappa shape index (κ1) is 19.4. The fraction of sp³-hybridized carbons (Fsp3) is 0.455. The lowest BCUT2D eigenvalue weighted by Crippen LogP contribution is -2.38. The van der Waals surface area contributed by atoms with Crippen molar-refractivity contribution in [3.8, 4) is 11.1 Å². The zero-order valence-corrected chi connectivity index (χ0v) is 15.6. The molecule has 0 bridgehead atoms. The Kier molecular flexibility index (Phi) is 5.45. The average molecular weight is 390 g/mol. The molecule has 150 valence electrons. The van der Waals surface area contributed by atoms with Gasteiger partial charge in [-0.25, -0.2) is 13.2 Å². The highest BCUT2D eigenvalue weighted by molar-refractivity contribution is 5.70. The van der Waals surface area contributed by atoms with Crippen molar-refractivity contribution in [2.75, 3.05) is 13.1 Å². The van der Waals surface area contributed by atoms with Gasteiger partial charge in [0.15, 0.2) is 0 Å². The van der Waals surface area contributed by atoms with E-state index in [9.17, 15) is 18.3 Å². The Morgan fingerprint density at radius 3 is 2.54 bits per heavy atom. The van der Waals surface area contributed by atoms with Gasteiger partial charge in [-0.1, -0.05) is 12.1 Å². The van der Waals surface area contributed by atoms with Gasteiger partial charge in [0, 0.05) is 25.0 Å². The van der Waals surface area contributed by atoms with Crippen molar-refractivity contribution in [1.82, 2.24) is 4.90 Å². The predicted molar refractivity (Wildman–Crippen MR) is 102 cm³/mol. The van der Waals surface area contributed by atoms with E-state index >= 15 is 0 Å². The Bertz CT molecular complexity index is 839. The Balaban J connectivity index is 1.60. The first-order valence-electron chi connectivity index (χ1n) is 9.87. The third kappa shape index (κ3) is 3.81. The number of halogens is 3. The molecule has 1 heterocycles. The van der Waals surface area contributed by atoms with Gasteiger partial charge >= 0.3 is 0 Å². The minimum Gasteiger partial charge on any atom is -0.378 e. The summed E-state index contributed by atoms with van der Waals surface area (Å²) in [4.78, 5) is 2.03. The van der Waals surface area contributed by atoms with Crippen LogP contribution >= 0.6 is 0 Å². The molecule has 3 nitrogen and oxygen atoms in total. The molecule has 4 unspecified atom stereocenters. The highest BCUT2D eigenvalue weighted by Crippen LogP contribution is 2.53. The lowest BCUT2D eigenvalue weighted by molar-refractivity contribution is -0.0124. The van der Waals surface area contributed by atoms with Crippen molar-refractivity contribution < 1.29 is 18.3 Å². The van der Waals surface area contributed by atoms with E-state index in [4.69, 9.17) is 5.73 Å². The summed E-state index contributed by atoms with van der Waals surface area (Å²) >= 11 is 0. The van der Waals surface area contributed by atoms with E-state index in [1.165, 1.54) is 36.4 Å². The number of hydrogen-bond acceptors (Lipinski definition) is 3. The van der Waals surface area contributed by atoms with Crippen LogP contribution in [-0.4, -0.2) is 35.4 Å². The maximum Gasteiger partial charge on any atom is 0.133 e. The lowest BCUT2D eigenvalue weighted by atomic mass is 9.94. The molecule has 1 aliphatic carbocycles. The number of nitrogens with zero attached hydrogens (tertiary/aromatic N) is 1. The molecule has 1 aliphatic heterocycles. The van der Waals surface area contributed by atoms with Crippen LogP contribution in [0.5, 0.6) is 0 Å². The van der Waals surface area contributed by atoms with Gasteiger partial charge in [-0.2, -0.15) is 0 Å². The monoisotopic (exact) mass is 390 g/mol. The molecular formula is C22H25F3N2O. The van der Waals surface area contributed by atoms with Gasteiger partial charge in [-0.3, -0.25) is 4.90 Å². The molecule has 1 saturated heterocycles. The molecule has 2 aromatic carbocycles. The largest absolute Gasteiger partial charge is 0.378 e. The molecule has 0 amide bonds. The summed E-state index contributed by atoms with van der Waals surface area (Å²) in [6.45, 7) is 1.50. The van der Waals surface area contributed by atoms with E-state index in [1.807, 2.05) is 4.90 Å². The zero-order valence-electron chi connectivity index (χ0n) is 15.6. The molecule has 0 aromatic heterocycles. The van der Waals surface area contributed by atoms with E-state index < -0.39 is 23.7 Å². The fourth-order valence-electron chi connectivity index (χ4n) is 4.40. The van der Waals surface area contributed by atoms with Crippen molar-refractivity contribution in [2.45, 2.75) is 43.9 Å². The van der Waals surface area contributed by atoms with Crippen molar-refractivity contribution >= 4 is 0 Å². The summed E-state index contributed by atoms with van der Waals surface area (Å²) in [5.41, 5.74) is 6.79. The molecule has 6 heteroatoms. The van der Waals surface area contributed by atoms with E-state index in [2.05, 4.69) is 0 Å². The van der Waals surface area contributed by atoms with Crippen LogP contribution < -0.4 is 5.73 Å². The second-order valence-electron chi connectivity index (χ2n) is 7.97. The molecule has 0 radical (unpaired) electrons. The molecule has 4 rings (SSSR count). The predicted octanol–water partition coefficient (Wildman–Crippen LogP) is 4.01. The smallest absolute Gasteiger partial charge is 0.133 e. The van der Waals surface area contributed by atoms with Gasteiger partial charge < -0.3 is 10.8 Å². The summed E-state index contributed by atoms with van der Waals surface area (Å²) in [5.74, 6) is -2.00. The minimum absolute atomic E-state index is 0.0790. The van der Waals surface area contributed by atoms with E-state index in [1.54, 1.807) is 0 Å². The SMILES string of the molecule is NC1CCCN(C(O)C2CC2c2cc(F)ccc2-c2c(F)cccc2F)CC1. The van der Waals surface area contributed by atoms with E-state index in [-0.39, 0.29) is 23.4 Å². The van der Waals surface area contributed by atoms with Crippen molar-refractivity contribution in [3.63, 3.8) is 0 Å². The van der Waals surface area contributed by atoms with Crippen LogP contribution in [0.25, 0.3) is 11.1 Å². The molecule has 0 spiro atoms. The van der Waals surface area contributed by atoms with Gasteiger partial charge in [0.2, 0.25) is 0 Å². The molecule has 4 atom stereocenters. The quantitative estimate of drug-likeness (QED) is 0.830. The van der Waals surface area contributed by atoms with Crippen molar-refractivity contribution in [3.05, 3.63) is 59.4 Å². The first-order chi connectivity index (χ1) is 13.5. The number of nitrogens with two attached hydrogens (primary N) is 1. The van der Waals surface area contributed by atoms with Crippen LogP contribution in [0.1, 0.15) is 37.2 Å². The second-order valence-corrected chi connectivity index (χ2v) is 7.97. The highest BCUT2D eigenvalue weighted by atomic mass is 19.1. The van der Waals surface area contributed by atoms with Crippen LogP contribution in [-0.2, 0) is 0 Å². The molecule has 28 heavy (non-hydrogen) atoms. The molecular weight excluding hydrogens is 365 g/mol. The fourth-order valence-corrected chi connectivity index (χ4v) is 4.40. The van der Waals surface area contributed by atoms with Crippen LogP contribution in [0.3, 0.4) is 0 Å². The Morgan fingerprint density at radius 1 is 1.04 bits per heavy atom. The Labute approximate surface area is 163 Å². The van der Waals surface area contributed by atoms with Crippen molar-refractivity contribution in [1.29, 1.82) is 0 Å². The van der Waals surface area contributed by atoms with Gasteiger partial charge in [0.05, 0.1) is 5.56 Å². The molecule has 2 aliphatic rings. The van der Waals surface area contributed by atoms with E-state index in [0.29, 0.717) is 17.5 Å². The topological polar surface area (TPSA) is 49.5 Å². The van der Waals surface area contributed by atoms with Gasteiger partial charge in [-0.15, -0.1) is 0 Å². The number of aliphatic hydroxyl groups is 1. The number of likely N-dealkylation sites (tertiary alicyclic amines) is 1. The summed E-state index contributed by atoms with van der Waals surface area (Å²) in [5, 5.41) is 10.8. The van der Waals surface area contributed by atoms with Crippen LogP contribution in [0, 0.1) is 23.4 Å². The molecule has 2 fully saturated rings. The summed E-state index contributed by atoms with van der Waals surface area (Å²) in [6, 6.07) is 7.86. The molecule has 1 saturated carbocycles. The molecule has 2 aromatic rings. The van der Waals surface area contributed by atoms with Crippen LogP contribution in [0.2, 0.25) is 0 Å². The second kappa shape index (κ2) is 7.85. The van der Waals surface area contributed by atoms with Gasteiger partial charge in [-0.05, 0) is 67.0 Å². The number of hydrogen-bond donors (Lipinski definition) is 2. The van der Waals surface area contributed by atoms with Crippen LogP contribution in [0.4, 0.5) is 13.2 Å². The number of benzene rings is 2. The maximum absolute atomic E-state index is 14.3. The van der Waals surface area contributed by atoms with Gasteiger partial charge in [0.1, 0.15) is 23.7 Å². The zero-order chi connectivity index (χ0) is 19.8. The summed E-state index contributed by atoms with van der Waals surface area (Å²) in [7, 11) is 0. The number of rotatable bonds is 4. The lowest BCUT2D eigenvalue weighted by Gasteiger charge is -2.27. The standard InChI is InChI=1S/C22H25F3N2O/c23-13-6-7-15(21-19(24)4-1-5-20(21)25)16(11-13)17-12-18(17)22(28)27-9-2-3-14(26)8-10-27/h1,4-7,11,14,17-18,22,28H,2-3,8-10,12,26H2. The minimum atomic E-state index is -0.674. The average Bonchev–Trinajstić information content (AvgIpc) is 3.47. The third-order valence-electron chi connectivity index (χ3n) is 6.05. The molecule has 3 N–H and O–H groups in total. The third-order valence-corrected chi connectivity index (χ3v) is 6.05. The Morgan fingerprint density at radius 2 is 1.79 bits per heavy atom. The van der Waals surface area contributed by atoms with Crippen molar-refractivity contribution in [2.24, 2.45) is 11.7 Å². The maximum atomic E-state index is 14.3. The Hall–Kier alpha value is -1.89. The highest BCUT2D eigenvalue weighted by Gasteiger charge is 2.46. The number of aliphatic hydroxyl groups excluding tert-OH is 1. The van der Waals surface area contributed by atoms with Gasteiger partial charge in [0.25, 0.3) is 0 Å². The first-order valence-corrected chi connectivity index (χ1v) is 9.87.